The molecule has 1 fully saturated rings. The van der Waals surface area contributed by atoms with Crippen LogP contribution in [-0.4, -0.2) is 43.8 Å². The molecule has 0 bridgehead atoms. The molecule has 0 aromatic heterocycles. The highest BCUT2D eigenvalue weighted by Gasteiger charge is 2.18. The molecule has 1 atom stereocenters. The fourth-order valence-electron chi connectivity index (χ4n) is 1.71. The van der Waals surface area contributed by atoms with Gasteiger partial charge in [0.15, 0.2) is 0 Å². The van der Waals surface area contributed by atoms with Gasteiger partial charge in [-0.1, -0.05) is 20.3 Å². The Bertz CT molecular complexity index is 121. The lowest BCUT2D eigenvalue weighted by molar-refractivity contribution is 0.149. The topological polar surface area (TPSA) is 29.4 Å². The van der Waals surface area contributed by atoms with Gasteiger partial charge in [-0.2, -0.15) is 0 Å². The monoisotopic (exact) mass is 184 g/mol. The number of nitrogens with one attached hydrogen (secondary N) is 1. The summed E-state index contributed by atoms with van der Waals surface area (Å²) < 4.78 is 0. The molecule has 0 aromatic carbocycles. The van der Waals surface area contributed by atoms with Gasteiger partial charge in [0.2, 0.25) is 0 Å². The normalized spacial score (nSPS) is 23.8. The molecule has 77 valence electrons. The van der Waals surface area contributed by atoms with Gasteiger partial charge in [0.25, 0.3) is 0 Å². The van der Waals surface area contributed by atoms with E-state index in [-0.39, 0.29) is 0 Å². The maximum atomic E-state index is 4.62. The summed E-state index contributed by atoms with van der Waals surface area (Å²) in [4.78, 5) is 2.47. The minimum Gasteiger partial charge on any atom is -0.312 e. The van der Waals surface area contributed by atoms with Gasteiger partial charge in [-0.25, -0.2) is 5.32 Å². The number of hydrogen-bond donors (Lipinski definition) is 1. The summed E-state index contributed by atoms with van der Waals surface area (Å²) in [5, 5.41) is 8.01. The van der Waals surface area contributed by atoms with Crippen LogP contribution in [0.3, 0.4) is 0 Å². The van der Waals surface area contributed by atoms with Crippen molar-refractivity contribution in [3.63, 3.8) is 0 Å². The SMILES string of the molecule is CCCCN(CC)C1CNCC[N]1. The van der Waals surface area contributed by atoms with E-state index in [2.05, 4.69) is 29.4 Å². The van der Waals surface area contributed by atoms with E-state index >= 15 is 0 Å². The molecule has 1 unspecified atom stereocenters. The summed E-state index contributed by atoms with van der Waals surface area (Å²) in [5.74, 6) is 0. The molecule has 1 N–H and O–H groups in total. The molecular formula is C10H22N3. The van der Waals surface area contributed by atoms with Crippen molar-refractivity contribution in [3.8, 4) is 0 Å². The molecule has 1 aliphatic rings. The standard InChI is InChI=1S/C10H22N3/c1-3-5-8-13(4-2)10-9-11-6-7-12-10/h10-11H,3-9H2,1-2H3. The maximum Gasteiger partial charge on any atom is 0.0887 e. The van der Waals surface area contributed by atoms with Crippen molar-refractivity contribution in [1.82, 2.24) is 15.5 Å². The van der Waals surface area contributed by atoms with E-state index in [1.807, 2.05) is 0 Å². The van der Waals surface area contributed by atoms with E-state index in [1.54, 1.807) is 0 Å². The molecule has 13 heavy (non-hydrogen) atoms. The summed E-state index contributed by atoms with van der Waals surface area (Å²) in [5.41, 5.74) is 0. The summed E-state index contributed by atoms with van der Waals surface area (Å²) >= 11 is 0. The Morgan fingerprint density at radius 3 is 2.85 bits per heavy atom. The van der Waals surface area contributed by atoms with Crippen LogP contribution in [0, 0.1) is 0 Å². The number of piperazine rings is 1. The highest BCUT2D eigenvalue weighted by Crippen LogP contribution is 2.02. The summed E-state index contributed by atoms with van der Waals surface area (Å²) in [7, 11) is 0. The molecule has 1 heterocycles. The first kappa shape index (κ1) is 11.0. The fourth-order valence-corrected chi connectivity index (χ4v) is 1.71. The van der Waals surface area contributed by atoms with Gasteiger partial charge in [0, 0.05) is 19.6 Å². The Kier molecular flexibility index (Phi) is 5.35. The number of unbranched alkanes of at least 4 members (excludes halogenated alkanes) is 1. The molecule has 0 amide bonds. The molecule has 1 rings (SSSR count). The zero-order chi connectivity index (χ0) is 9.52. The van der Waals surface area contributed by atoms with Crippen LogP contribution in [0.1, 0.15) is 26.7 Å². The number of hydrogen-bond acceptors (Lipinski definition) is 2. The van der Waals surface area contributed by atoms with Crippen molar-refractivity contribution < 1.29 is 0 Å². The highest BCUT2D eigenvalue weighted by atomic mass is 15.3. The molecule has 0 aliphatic carbocycles. The van der Waals surface area contributed by atoms with E-state index in [0.717, 1.165) is 26.2 Å². The quantitative estimate of drug-likeness (QED) is 0.679. The third kappa shape index (κ3) is 3.63. The van der Waals surface area contributed by atoms with Crippen LogP contribution in [-0.2, 0) is 0 Å². The predicted molar refractivity (Wildman–Crippen MR) is 55.8 cm³/mol. The second kappa shape index (κ2) is 6.35. The smallest absolute Gasteiger partial charge is 0.0887 e. The van der Waals surface area contributed by atoms with Gasteiger partial charge in [0.1, 0.15) is 0 Å². The minimum absolute atomic E-state index is 0.435. The minimum atomic E-state index is 0.435. The van der Waals surface area contributed by atoms with E-state index in [4.69, 9.17) is 0 Å². The lowest BCUT2D eigenvalue weighted by Gasteiger charge is -2.33. The largest absolute Gasteiger partial charge is 0.312 e. The van der Waals surface area contributed by atoms with E-state index in [9.17, 15) is 0 Å². The first-order valence-electron chi connectivity index (χ1n) is 5.49. The van der Waals surface area contributed by atoms with Crippen LogP contribution in [0.4, 0.5) is 0 Å². The van der Waals surface area contributed by atoms with E-state index < -0.39 is 0 Å². The van der Waals surface area contributed by atoms with Crippen LogP contribution in [0.2, 0.25) is 0 Å². The number of rotatable bonds is 5. The summed E-state index contributed by atoms with van der Waals surface area (Å²) in [6, 6.07) is 0. The van der Waals surface area contributed by atoms with Crippen molar-refractivity contribution >= 4 is 0 Å². The summed E-state index contributed by atoms with van der Waals surface area (Å²) in [6.45, 7) is 9.86. The Morgan fingerprint density at radius 2 is 2.31 bits per heavy atom. The van der Waals surface area contributed by atoms with Gasteiger partial charge in [-0.3, -0.25) is 4.90 Å². The second-order valence-corrected chi connectivity index (χ2v) is 3.57. The summed E-state index contributed by atoms with van der Waals surface area (Å²) in [6.07, 6.45) is 3.00. The molecule has 1 radical (unpaired) electrons. The first-order chi connectivity index (χ1) is 6.38. The van der Waals surface area contributed by atoms with E-state index in [1.165, 1.54) is 19.4 Å². The molecule has 3 nitrogen and oxygen atoms in total. The predicted octanol–water partition coefficient (Wildman–Crippen LogP) is 0.642. The van der Waals surface area contributed by atoms with Crippen molar-refractivity contribution in [1.29, 1.82) is 0 Å². The second-order valence-electron chi connectivity index (χ2n) is 3.57. The average molecular weight is 184 g/mol. The first-order valence-corrected chi connectivity index (χ1v) is 5.49. The van der Waals surface area contributed by atoms with Crippen LogP contribution in [0.15, 0.2) is 0 Å². The third-order valence-electron chi connectivity index (χ3n) is 2.58. The van der Waals surface area contributed by atoms with Crippen molar-refractivity contribution in [2.24, 2.45) is 0 Å². The number of likely N-dealkylation sites (N-methyl/N-ethyl adjacent to an activating group) is 1. The van der Waals surface area contributed by atoms with Crippen LogP contribution >= 0.6 is 0 Å². The van der Waals surface area contributed by atoms with Gasteiger partial charge >= 0.3 is 0 Å². The fraction of sp³-hybridized carbons (Fsp3) is 1.00. The Labute approximate surface area is 81.9 Å². The van der Waals surface area contributed by atoms with Gasteiger partial charge in [-0.15, -0.1) is 0 Å². The lowest BCUT2D eigenvalue weighted by atomic mass is 10.2. The molecular weight excluding hydrogens is 162 g/mol. The lowest BCUT2D eigenvalue weighted by Crippen LogP contribution is -2.53. The molecule has 0 spiro atoms. The zero-order valence-electron chi connectivity index (χ0n) is 8.92. The van der Waals surface area contributed by atoms with Crippen molar-refractivity contribution in [3.05, 3.63) is 0 Å². The average Bonchev–Trinajstić information content (AvgIpc) is 2.21. The van der Waals surface area contributed by atoms with Crippen molar-refractivity contribution in [2.75, 3.05) is 32.7 Å². The van der Waals surface area contributed by atoms with Crippen LogP contribution in [0.25, 0.3) is 0 Å². The molecule has 1 aliphatic heterocycles. The Morgan fingerprint density at radius 1 is 1.46 bits per heavy atom. The molecule has 0 aromatic rings. The zero-order valence-corrected chi connectivity index (χ0v) is 8.92. The third-order valence-corrected chi connectivity index (χ3v) is 2.58. The van der Waals surface area contributed by atoms with Gasteiger partial charge in [0.05, 0.1) is 6.17 Å². The van der Waals surface area contributed by atoms with E-state index in [0.29, 0.717) is 6.17 Å². The molecule has 0 saturated carbocycles. The Hall–Kier alpha value is -0.120. The van der Waals surface area contributed by atoms with Crippen LogP contribution < -0.4 is 10.6 Å². The molecule has 3 heteroatoms. The molecule has 1 saturated heterocycles. The maximum absolute atomic E-state index is 4.62. The Balaban J connectivity index is 2.26. The van der Waals surface area contributed by atoms with Gasteiger partial charge in [-0.05, 0) is 19.5 Å². The number of nitrogens with zero attached hydrogens (tertiary/aromatic N) is 2. The van der Waals surface area contributed by atoms with Gasteiger partial charge < -0.3 is 5.32 Å². The highest BCUT2D eigenvalue weighted by molar-refractivity contribution is 4.75. The van der Waals surface area contributed by atoms with Crippen LogP contribution in [0.5, 0.6) is 0 Å². The van der Waals surface area contributed by atoms with Crippen molar-refractivity contribution in [2.45, 2.75) is 32.9 Å².